The van der Waals surface area contributed by atoms with Crippen molar-refractivity contribution in [2.75, 3.05) is 41.4 Å². The van der Waals surface area contributed by atoms with E-state index >= 15 is 0 Å². The summed E-state index contributed by atoms with van der Waals surface area (Å²) in [6.45, 7) is 23.2. The molecule has 297 valence electrons. The molecular formula is C46H58Cl2N3O3Ru. The number of ether oxygens (including phenoxy) is 2. The molecule has 1 fully saturated rings. The van der Waals surface area contributed by atoms with E-state index in [1.165, 1.54) is 33.6 Å². The Morgan fingerprint density at radius 2 is 1.22 bits per heavy atom. The van der Waals surface area contributed by atoms with E-state index < -0.39 is 0 Å². The fraction of sp³-hybridized carbons (Fsp3) is 0.435. The summed E-state index contributed by atoms with van der Waals surface area (Å²) in [4.78, 5) is 21.5. The molecule has 6 rings (SSSR count). The summed E-state index contributed by atoms with van der Waals surface area (Å²) in [5.41, 5.74) is 11.1. The number of amides is 1. The number of carbonyl (C=O) groups excluding carboxylic acids is 1. The minimum absolute atomic E-state index is 0. The second-order valence-corrected chi connectivity index (χ2v) is 17.6. The molecule has 6 nitrogen and oxygen atoms in total. The van der Waals surface area contributed by atoms with Gasteiger partial charge in [0.1, 0.15) is 0 Å². The first-order valence-corrected chi connectivity index (χ1v) is 21.4. The number of methoxy groups -OCH3 is 1. The number of nitrogens with zero attached hydrogens (tertiary/aromatic N) is 3. The number of para-hydroxylation sites is 3. The summed E-state index contributed by atoms with van der Waals surface area (Å²) >= 11 is -0.353. The number of fused-ring (bicyclic) bond motifs is 1. The minimum atomic E-state index is -0.353. The number of benzene rings is 4. The third-order valence-corrected chi connectivity index (χ3v) is 13.1. The van der Waals surface area contributed by atoms with Crippen LogP contribution in [-0.2, 0) is 16.7 Å². The average molecular weight is 873 g/mol. The van der Waals surface area contributed by atoms with E-state index in [9.17, 15) is 4.79 Å². The molecule has 0 saturated carbocycles. The first kappa shape index (κ1) is 44.3. The van der Waals surface area contributed by atoms with Gasteiger partial charge in [-0.05, 0) is 0 Å². The van der Waals surface area contributed by atoms with Gasteiger partial charge in [-0.3, -0.25) is 0 Å². The second-order valence-electron chi connectivity index (χ2n) is 15.6. The third-order valence-electron chi connectivity index (χ3n) is 10.6. The predicted molar refractivity (Wildman–Crippen MR) is 219 cm³/mol. The molecule has 0 radical (unpaired) electrons. The molecule has 55 heavy (non-hydrogen) atoms. The Labute approximate surface area is 349 Å². The van der Waals surface area contributed by atoms with Crippen molar-refractivity contribution in [3.05, 3.63) is 112 Å². The van der Waals surface area contributed by atoms with E-state index in [0.717, 1.165) is 42.3 Å². The Bertz CT molecular complexity index is 1820. The number of hydrogen-bond donors (Lipinski definition) is 0. The Morgan fingerprint density at radius 3 is 1.65 bits per heavy atom. The van der Waals surface area contributed by atoms with Gasteiger partial charge in [0.25, 0.3) is 0 Å². The van der Waals surface area contributed by atoms with Crippen LogP contribution in [0.4, 0.5) is 17.1 Å². The van der Waals surface area contributed by atoms with Crippen LogP contribution in [0, 0.1) is 0 Å². The number of halogens is 2. The van der Waals surface area contributed by atoms with Crippen molar-refractivity contribution in [3.8, 4) is 11.5 Å². The Balaban J connectivity index is 0.00000336. The van der Waals surface area contributed by atoms with Crippen LogP contribution in [0.25, 0.3) is 0 Å². The maximum Gasteiger partial charge on any atom is -1.00 e. The van der Waals surface area contributed by atoms with Gasteiger partial charge in [0.15, 0.2) is 0 Å². The summed E-state index contributed by atoms with van der Waals surface area (Å²) in [6.07, 6.45) is 0.721. The SMILES string of the molecule is CCC1CN(C(=O)c2ccc(OC)cc2)c2cccc(/[CH]=[Ru+2]/[CH]3N(c4c(C(C)C)cccc4C(C)C)CCN3c3c(C(C)C)cccc3C(C)C)c2O1.[Cl-].[Cl-]. The monoisotopic (exact) mass is 872 g/mol. The predicted octanol–water partition coefficient (Wildman–Crippen LogP) is 4.56. The van der Waals surface area contributed by atoms with E-state index in [1.807, 2.05) is 35.2 Å². The number of carbonyl (C=O) groups is 1. The van der Waals surface area contributed by atoms with E-state index in [4.69, 9.17) is 9.47 Å². The van der Waals surface area contributed by atoms with Crippen LogP contribution in [0.1, 0.15) is 131 Å². The van der Waals surface area contributed by atoms with Gasteiger partial charge in [-0.1, -0.05) is 0 Å². The molecule has 0 spiro atoms. The van der Waals surface area contributed by atoms with Crippen molar-refractivity contribution in [1.29, 1.82) is 0 Å². The minimum Gasteiger partial charge on any atom is -1.00 e. The van der Waals surface area contributed by atoms with E-state index in [1.54, 1.807) is 7.11 Å². The van der Waals surface area contributed by atoms with Gasteiger partial charge >= 0.3 is 327 Å². The zero-order valence-electron chi connectivity index (χ0n) is 34.1. The third kappa shape index (κ3) is 9.11. The van der Waals surface area contributed by atoms with Crippen molar-refractivity contribution in [1.82, 2.24) is 0 Å². The molecule has 1 amide bonds. The fourth-order valence-corrected chi connectivity index (χ4v) is 10.2. The molecule has 0 bridgehead atoms. The van der Waals surface area contributed by atoms with Crippen molar-refractivity contribution < 1.29 is 55.8 Å². The van der Waals surface area contributed by atoms with Gasteiger partial charge < -0.3 is 24.8 Å². The van der Waals surface area contributed by atoms with E-state index in [0.29, 0.717) is 35.8 Å². The molecule has 2 aliphatic rings. The standard InChI is InChI=1S/C27H39N2.C19H19NO3.2ClH.Ru/c1-18(2)22-11-9-12-23(19(3)4)26(22)28-15-16-29(17-28)27-24(20(5)6)13-10-14-25(27)21(7)8;1-4-15-12-20(17-7-5-6-13(2)18(17)23-15)19(21)14-8-10-16(22-3)11-9-14;;;/h9-14,17-21H,15-16H2,1-8H3;2,5-11,15H,4,12H2,1,3H3;2*1H;/q;;;;+2/p-2. The zero-order valence-corrected chi connectivity index (χ0v) is 37.3. The van der Waals surface area contributed by atoms with Crippen LogP contribution < -0.4 is 49.0 Å². The summed E-state index contributed by atoms with van der Waals surface area (Å²) in [5, 5.41) is 0. The van der Waals surface area contributed by atoms with Gasteiger partial charge in [0, 0.05) is 0 Å². The van der Waals surface area contributed by atoms with Crippen LogP contribution in [-0.4, -0.2) is 48.1 Å². The molecule has 2 aliphatic heterocycles. The Hall–Kier alpha value is -3.38. The molecule has 9 heteroatoms. The molecule has 4 aromatic rings. The van der Waals surface area contributed by atoms with Crippen molar-refractivity contribution in [3.63, 3.8) is 0 Å². The maximum absolute atomic E-state index is 14.1. The van der Waals surface area contributed by atoms with Crippen LogP contribution in [0.15, 0.2) is 78.9 Å². The largest absolute Gasteiger partial charge is 1.00 e. The maximum atomic E-state index is 14.1. The summed E-state index contributed by atoms with van der Waals surface area (Å²) in [6, 6.07) is 27.5. The Morgan fingerprint density at radius 1 is 0.745 bits per heavy atom. The topological polar surface area (TPSA) is 45.2 Å². The van der Waals surface area contributed by atoms with E-state index in [-0.39, 0.29) is 58.3 Å². The number of rotatable bonds is 11. The molecule has 0 aliphatic carbocycles. The molecule has 2 heterocycles. The number of anilines is 3. The molecule has 1 saturated heterocycles. The fourth-order valence-electron chi connectivity index (χ4n) is 7.71. The summed E-state index contributed by atoms with van der Waals surface area (Å²) in [7, 11) is 1.64. The molecule has 4 aromatic carbocycles. The van der Waals surface area contributed by atoms with Crippen LogP contribution in [0.3, 0.4) is 0 Å². The summed E-state index contributed by atoms with van der Waals surface area (Å²) < 4.78 is 14.7. The zero-order chi connectivity index (χ0) is 38.0. The van der Waals surface area contributed by atoms with Crippen molar-refractivity contribution in [2.45, 2.75) is 103 Å². The van der Waals surface area contributed by atoms with Gasteiger partial charge in [0.2, 0.25) is 0 Å². The number of hydrogen-bond acceptors (Lipinski definition) is 5. The quantitative estimate of drug-likeness (QED) is 0.207. The molecule has 0 aromatic heterocycles. The van der Waals surface area contributed by atoms with Crippen molar-refractivity contribution >= 4 is 27.6 Å². The molecular weight excluding hydrogens is 814 g/mol. The first-order valence-electron chi connectivity index (χ1n) is 19.4. The average Bonchev–Trinajstić information content (AvgIpc) is 3.58. The van der Waals surface area contributed by atoms with E-state index in [2.05, 4.69) is 125 Å². The van der Waals surface area contributed by atoms with Gasteiger partial charge in [-0.15, -0.1) is 0 Å². The normalized spacial score (nSPS) is 15.8. The van der Waals surface area contributed by atoms with Gasteiger partial charge in [0.05, 0.1) is 0 Å². The van der Waals surface area contributed by atoms with Crippen LogP contribution in [0.2, 0.25) is 0 Å². The van der Waals surface area contributed by atoms with Gasteiger partial charge in [-0.2, -0.15) is 0 Å². The molecule has 1 unspecified atom stereocenters. The van der Waals surface area contributed by atoms with Gasteiger partial charge in [-0.25, -0.2) is 0 Å². The molecule has 1 atom stereocenters. The van der Waals surface area contributed by atoms with Crippen molar-refractivity contribution in [2.24, 2.45) is 0 Å². The van der Waals surface area contributed by atoms with Crippen LogP contribution >= 0.6 is 0 Å². The Kier molecular flexibility index (Phi) is 15.5. The summed E-state index contributed by atoms with van der Waals surface area (Å²) in [5.74, 6) is 3.15. The first-order chi connectivity index (χ1) is 25.4. The van der Waals surface area contributed by atoms with Crippen LogP contribution in [0.5, 0.6) is 11.5 Å². The smallest absolute Gasteiger partial charge is 1.00 e. The molecule has 0 N–H and O–H groups in total. The second kappa shape index (κ2) is 19.2.